The van der Waals surface area contributed by atoms with Crippen LogP contribution in [0.15, 0.2) is 60.7 Å². The van der Waals surface area contributed by atoms with Crippen LogP contribution in [-0.4, -0.2) is 47.9 Å². The Kier molecular flexibility index (Phi) is 13.1. The van der Waals surface area contributed by atoms with Crippen LogP contribution in [0.4, 0.5) is 0 Å². The molecule has 162 valence electrons. The summed E-state index contributed by atoms with van der Waals surface area (Å²) >= 11 is 0. The van der Waals surface area contributed by atoms with Gasteiger partial charge in [-0.1, -0.05) is 74.5 Å². The van der Waals surface area contributed by atoms with Crippen molar-refractivity contribution in [1.82, 2.24) is 0 Å². The molecule has 0 aliphatic carbocycles. The van der Waals surface area contributed by atoms with Gasteiger partial charge in [-0.3, -0.25) is 0 Å². The second-order valence-corrected chi connectivity index (χ2v) is 6.19. The summed E-state index contributed by atoms with van der Waals surface area (Å²) in [5.41, 5.74) is 1.53. The minimum absolute atomic E-state index is 0.125. The standard InChI is InChI=1S/C21H28O6.C2H6/c1-25-21(17-10-6-3-7-11-17)27-15-13-19(23)18(22)12-14-26-20(24)16-8-4-2-5-9-16;1-2/h2-11,18-24H,12-15H2,1H3;1-2H3. The normalized spacial score (nSPS) is 15.0. The number of benzene rings is 2. The van der Waals surface area contributed by atoms with Gasteiger partial charge in [0.05, 0.1) is 25.4 Å². The minimum Gasteiger partial charge on any atom is -0.390 e. The average molecular weight is 407 g/mol. The molecule has 4 unspecified atom stereocenters. The van der Waals surface area contributed by atoms with Crippen molar-refractivity contribution < 1.29 is 29.5 Å². The van der Waals surface area contributed by atoms with Crippen LogP contribution in [0.1, 0.15) is 50.4 Å². The Hall–Kier alpha value is -1.80. The third-order valence-corrected chi connectivity index (χ3v) is 4.19. The van der Waals surface area contributed by atoms with Gasteiger partial charge in [-0.25, -0.2) is 0 Å². The van der Waals surface area contributed by atoms with Crippen LogP contribution in [-0.2, 0) is 14.2 Å². The summed E-state index contributed by atoms with van der Waals surface area (Å²) in [6.45, 7) is 4.36. The Morgan fingerprint density at radius 3 is 1.62 bits per heavy atom. The highest BCUT2D eigenvalue weighted by molar-refractivity contribution is 5.16. The van der Waals surface area contributed by atoms with Gasteiger partial charge >= 0.3 is 0 Å². The van der Waals surface area contributed by atoms with Gasteiger partial charge in [0.15, 0.2) is 12.6 Å². The first kappa shape index (κ1) is 25.2. The molecular weight excluding hydrogens is 372 g/mol. The highest BCUT2D eigenvalue weighted by Gasteiger charge is 2.18. The van der Waals surface area contributed by atoms with Crippen LogP contribution in [0.5, 0.6) is 0 Å². The van der Waals surface area contributed by atoms with Crippen molar-refractivity contribution in [3.8, 4) is 0 Å². The van der Waals surface area contributed by atoms with Crippen LogP contribution in [0.2, 0.25) is 0 Å². The summed E-state index contributed by atoms with van der Waals surface area (Å²) in [6, 6.07) is 18.5. The molecule has 2 aromatic carbocycles. The van der Waals surface area contributed by atoms with Crippen LogP contribution >= 0.6 is 0 Å². The molecule has 6 nitrogen and oxygen atoms in total. The highest BCUT2D eigenvalue weighted by Crippen LogP contribution is 2.19. The molecule has 6 heteroatoms. The Bertz CT molecular complexity index is 622. The maximum atomic E-state index is 10.1. The number of hydrogen-bond donors (Lipinski definition) is 3. The molecular formula is C23H34O6. The van der Waals surface area contributed by atoms with Crippen LogP contribution in [0, 0.1) is 0 Å². The van der Waals surface area contributed by atoms with Gasteiger partial charge in [0.2, 0.25) is 0 Å². The summed E-state index contributed by atoms with van der Waals surface area (Å²) in [7, 11) is 1.55. The number of aliphatic hydroxyl groups excluding tert-OH is 3. The average Bonchev–Trinajstić information content (AvgIpc) is 2.79. The first-order valence-corrected chi connectivity index (χ1v) is 10.0. The van der Waals surface area contributed by atoms with Crippen molar-refractivity contribution >= 4 is 0 Å². The second-order valence-electron chi connectivity index (χ2n) is 6.19. The lowest BCUT2D eigenvalue weighted by Gasteiger charge is -2.21. The number of hydrogen-bond acceptors (Lipinski definition) is 6. The van der Waals surface area contributed by atoms with Gasteiger partial charge in [-0.15, -0.1) is 0 Å². The summed E-state index contributed by atoms with van der Waals surface area (Å²) in [5.74, 6) is 0. The predicted molar refractivity (Wildman–Crippen MR) is 112 cm³/mol. The van der Waals surface area contributed by atoms with Crippen molar-refractivity contribution in [2.45, 2.75) is 51.5 Å². The topological polar surface area (TPSA) is 88.4 Å². The monoisotopic (exact) mass is 406 g/mol. The molecule has 0 saturated carbocycles. The van der Waals surface area contributed by atoms with E-state index in [4.69, 9.17) is 14.2 Å². The lowest BCUT2D eigenvalue weighted by Crippen LogP contribution is -2.29. The van der Waals surface area contributed by atoms with Crippen LogP contribution < -0.4 is 0 Å². The van der Waals surface area contributed by atoms with Crippen molar-refractivity contribution in [2.24, 2.45) is 0 Å². The zero-order valence-corrected chi connectivity index (χ0v) is 17.5. The predicted octanol–water partition coefficient (Wildman–Crippen LogP) is 3.58. The zero-order chi connectivity index (χ0) is 21.5. The van der Waals surface area contributed by atoms with Gasteiger partial charge < -0.3 is 29.5 Å². The summed E-state index contributed by atoms with van der Waals surface area (Å²) in [5, 5.41) is 30.0. The lowest BCUT2D eigenvalue weighted by atomic mass is 10.1. The molecule has 0 saturated heterocycles. The smallest absolute Gasteiger partial charge is 0.183 e. The molecule has 2 rings (SSSR count). The molecule has 0 radical (unpaired) electrons. The molecule has 0 amide bonds. The molecule has 0 bridgehead atoms. The van der Waals surface area contributed by atoms with Crippen molar-refractivity contribution in [2.75, 3.05) is 20.3 Å². The highest BCUT2D eigenvalue weighted by atomic mass is 16.7. The molecule has 0 heterocycles. The third kappa shape index (κ3) is 9.49. The summed E-state index contributed by atoms with van der Waals surface area (Å²) in [6.07, 6.45) is -3.01. The lowest BCUT2D eigenvalue weighted by molar-refractivity contribution is -0.138. The van der Waals surface area contributed by atoms with Crippen molar-refractivity contribution in [1.29, 1.82) is 0 Å². The molecule has 4 atom stereocenters. The van der Waals surface area contributed by atoms with Gasteiger partial charge in [0.25, 0.3) is 0 Å². The fourth-order valence-electron chi connectivity index (χ4n) is 2.61. The van der Waals surface area contributed by atoms with E-state index in [0.29, 0.717) is 5.56 Å². The van der Waals surface area contributed by atoms with E-state index in [1.807, 2.05) is 62.4 Å². The van der Waals surface area contributed by atoms with E-state index >= 15 is 0 Å². The van der Waals surface area contributed by atoms with Crippen molar-refractivity contribution in [3.05, 3.63) is 71.8 Å². The number of methoxy groups -OCH3 is 1. The molecule has 2 aromatic rings. The molecule has 0 fully saturated rings. The maximum Gasteiger partial charge on any atom is 0.183 e. The Labute approximate surface area is 173 Å². The van der Waals surface area contributed by atoms with E-state index in [1.54, 1.807) is 19.2 Å². The summed E-state index contributed by atoms with van der Waals surface area (Å²) in [4.78, 5) is 0. The van der Waals surface area contributed by atoms with E-state index in [-0.39, 0.29) is 26.1 Å². The van der Waals surface area contributed by atoms with E-state index in [0.717, 1.165) is 5.56 Å². The number of rotatable bonds is 12. The fourth-order valence-corrected chi connectivity index (χ4v) is 2.61. The Morgan fingerprint density at radius 1 is 0.690 bits per heavy atom. The molecule has 0 spiro atoms. The van der Waals surface area contributed by atoms with E-state index < -0.39 is 24.8 Å². The second kappa shape index (κ2) is 15.1. The Balaban J connectivity index is 0.00000204. The molecule has 0 aromatic heterocycles. The number of ether oxygens (including phenoxy) is 3. The van der Waals surface area contributed by atoms with Gasteiger partial charge in [-0.2, -0.15) is 0 Å². The number of aliphatic hydroxyl groups is 3. The first-order chi connectivity index (χ1) is 14.1. The first-order valence-electron chi connectivity index (χ1n) is 10.0. The van der Waals surface area contributed by atoms with E-state index in [1.165, 1.54) is 0 Å². The zero-order valence-electron chi connectivity index (χ0n) is 17.5. The fraction of sp³-hybridized carbons (Fsp3) is 0.478. The summed E-state index contributed by atoms with van der Waals surface area (Å²) < 4.78 is 16.2. The van der Waals surface area contributed by atoms with Gasteiger partial charge in [0.1, 0.15) is 0 Å². The SMILES string of the molecule is CC.COC(OCCC(O)C(O)CCOC(O)c1ccccc1)c1ccccc1. The van der Waals surface area contributed by atoms with Gasteiger partial charge in [0, 0.05) is 18.2 Å². The van der Waals surface area contributed by atoms with Crippen LogP contribution in [0.25, 0.3) is 0 Å². The third-order valence-electron chi connectivity index (χ3n) is 4.19. The van der Waals surface area contributed by atoms with E-state index in [2.05, 4.69) is 0 Å². The van der Waals surface area contributed by atoms with E-state index in [9.17, 15) is 15.3 Å². The quantitative estimate of drug-likeness (QED) is 0.467. The minimum atomic E-state index is -1.05. The largest absolute Gasteiger partial charge is 0.390 e. The molecule has 0 aliphatic heterocycles. The van der Waals surface area contributed by atoms with Crippen molar-refractivity contribution in [3.63, 3.8) is 0 Å². The van der Waals surface area contributed by atoms with Crippen LogP contribution in [0.3, 0.4) is 0 Å². The Morgan fingerprint density at radius 2 is 1.14 bits per heavy atom. The van der Waals surface area contributed by atoms with Gasteiger partial charge in [-0.05, 0) is 12.8 Å². The molecule has 3 N–H and O–H groups in total. The maximum absolute atomic E-state index is 10.1. The molecule has 0 aliphatic rings. The molecule has 29 heavy (non-hydrogen) atoms.